The van der Waals surface area contributed by atoms with Gasteiger partial charge in [-0.15, -0.1) is 0 Å². The Morgan fingerprint density at radius 3 is 2.06 bits per heavy atom. The highest BCUT2D eigenvalue weighted by molar-refractivity contribution is 5.42. The minimum Gasteiger partial charge on any atom is -0.253 e. The van der Waals surface area contributed by atoms with Gasteiger partial charge in [0.05, 0.1) is 17.6 Å². The lowest BCUT2D eigenvalue weighted by atomic mass is 10.4. The van der Waals surface area contributed by atoms with Gasteiger partial charge in [-0.2, -0.15) is 5.10 Å². The van der Waals surface area contributed by atoms with E-state index in [-0.39, 0.29) is 0 Å². The second-order valence-corrected chi connectivity index (χ2v) is 2.89. The van der Waals surface area contributed by atoms with Gasteiger partial charge < -0.3 is 0 Å². The Labute approximate surface area is 97.7 Å². The summed E-state index contributed by atoms with van der Waals surface area (Å²) in [6, 6.07) is 0. The van der Waals surface area contributed by atoms with Gasteiger partial charge in [-0.25, -0.2) is 9.50 Å². The fourth-order valence-corrected chi connectivity index (χ4v) is 1.29. The zero-order valence-corrected chi connectivity index (χ0v) is 11.4. The summed E-state index contributed by atoms with van der Waals surface area (Å²) in [6.45, 7) is 13.8. The van der Waals surface area contributed by atoms with E-state index in [1.54, 1.807) is 4.52 Å². The highest BCUT2D eigenvalue weighted by atomic mass is 15.3. The van der Waals surface area contributed by atoms with E-state index in [4.69, 9.17) is 0 Å². The third-order valence-corrected chi connectivity index (χ3v) is 1.71. The van der Waals surface area contributed by atoms with E-state index < -0.39 is 0 Å². The highest BCUT2D eigenvalue weighted by Gasteiger charge is 2.03. The van der Waals surface area contributed by atoms with Gasteiger partial charge in [-0.3, -0.25) is 4.98 Å². The van der Waals surface area contributed by atoms with E-state index in [1.807, 2.05) is 54.7 Å². The van der Waals surface area contributed by atoms with Crippen molar-refractivity contribution in [2.75, 3.05) is 0 Å². The van der Waals surface area contributed by atoms with E-state index >= 15 is 0 Å². The van der Waals surface area contributed by atoms with Crippen LogP contribution in [0.25, 0.3) is 5.65 Å². The van der Waals surface area contributed by atoms with Crippen molar-refractivity contribution >= 4 is 5.65 Å². The van der Waals surface area contributed by atoms with Crippen LogP contribution >= 0.6 is 0 Å². The molecule has 0 aliphatic carbocycles. The molecule has 2 aromatic heterocycles. The minimum absolute atomic E-state index is 0.783. The molecule has 0 saturated heterocycles. The van der Waals surface area contributed by atoms with Crippen molar-refractivity contribution in [2.24, 2.45) is 0 Å². The second-order valence-electron chi connectivity index (χ2n) is 2.89. The molecule has 0 N–H and O–H groups in total. The lowest BCUT2D eigenvalue weighted by molar-refractivity contribution is 0.896. The predicted molar refractivity (Wildman–Crippen MR) is 67.7 cm³/mol. The minimum atomic E-state index is 0.783. The summed E-state index contributed by atoms with van der Waals surface area (Å²) in [5.74, 6) is 0.783. The van der Waals surface area contributed by atoms with Crippen LogP contribution in [0.3, 0.4) is 0 Å². The molecule has 0 radical (unpaired) electrons. The number of fused-ring (bicyclic) bond motifs is 1. The van der Waals surface area contributed by atoms with Crippen LogP contribution in [0.15, 0.2) is 6.20 Å². The summed E-state index contributed by atoms with van der Waals surface area (Å²) < 4.78 is 1.77. The predicted octanol–water partition coefficient (Wildman–Crippen LogP) is 3.10. The third kappa shape index (κ3) is 3.29. The number of rotatable bonds is 0. The molecule has 4 nitrogen and oxygen atoms in total. The van der Waals surface area contributed by atoms with Crippen molar-refractivity contribution in [3.63, 3.8) is 0 Å². The Morgan fingerprint density at radius 2 is 1.50 bits per heavy atom. The number of aryl methyl sites for hydroxylation is 3. The maximum atomic E-state index is 4.29. The molecule has 16 heavy (non-hydrogen) atoms. The molecule has 0 amide bonds. The largest absolute Gasteiger partial charge is 0.253 e. The number of hydrogen-bond donors (Lipinski definition) is 0. The standard InChI is InChI=1S/C8H10N4.2C2H6/c1-5-4-12-8(6(2)9-5)10-7(3)11-12;2*1-2/h4H,1-3H3;2*1-2H3. The van der Waals surface area contributed by atoms with E-state index in [9.17, 15) is 0 Å². The van der Waals surface area contributed by atoms with Crippen LogP contribution in [0.4, 0.5) is 0 Å². The van der Waals surface area contributed by atoms with Gasteiger partial charge in [0.1, 0.15) is 5.82 Å². The van der Waals surface area contributed by atoms with Gasteiger partial charge in [0.25, 0.3) is 0 Å². The average molecular weight is 222 g/mol. The Hall–Kier alpha value is -1.45. The molecule has 2 rings (SSSR count). The van der Waals surface area contributed by atoms with Crippen LogP contribution in [-0.4, -0.2) is 19.6 Å². The van der Waals surface area contributed by atoms with E-state index in [0.717, 1.165) is 22.9 Å². The summed E-state index contributed by atoms with van der Waals surface area (Å²) in [5, 5.41) is 4.20. The zero-order valence-electron chi connectivity index (χ0n) is 11.4. The molecule has 0 unspecified atom stereocenters. The van der Waals surface area contributed by atoms with Gasteiger partial charge in [-0.1, -0.05) is 27.7 Å². The highest BCUT2D eigenvalue weighted by Crippen LogP contribution is 2.05. The molecule has 0 saturated carbocycles. The topological polar surface area (TPSA) is 43.1 Å². The maximum Gasteiger partial charge on any atom is 0.176 e. The molecule has 2 aromatic rings. The van der Waals surface area contributed by atoms with Crippen LogP contribution < -0.4 is 0 Å². The van der Waals surface area contributed by atoms with Crippen LogP contribution in [0.2, 0.25) is 0 Å². The molecule has 2 heterocycles. The van der Waals surface area contributed by atoms with Crippen LogP contribution in [-0.2, 0) is 0 Å². The molecule has 0 fully saturated rings. The average Bonchev–Trinajstić information content (AvgIpc) is 2.65. The van der Waals surface area contributed by atoms with Crippen molar-refractivity contribution in [1.29, 1.82) is 0 Å². The van der Waals surface area contributed by atoms with Crippen LogP contribution in [0.5, 0.6) is 0 Å². The quantitative estimate of drug-likeness (QED) is 0.688. The maximum absolute atomic E-state index is 4.29. The Kier molecular flexibility index (Phi) is 6.30. The van der Waals surface area contributed by atoms with Crippen molar-refractivity contribution in [2.45, 2.75) is 48.5 Å². The molecule has 0 bridgehead atoms. The van der Waals surface area contributed by atoms with Gasteiger partial charge in [0, 0.05) is 0 Å². The van der Waals surface area contributed by atoms with Gasteiger partial charge in [0.15, 0.2) is 5.65 Å². The first-order valence-corrected chi connectivity index (χ1v) is 5.84. The molecule has 4 heteroatoms. The number of aromatic nitrogens is 4. The van der Waals surface area contributed by atoms with Crippen LogP contribution in [0.1, 0.15) is 44.9 Å². The number of nitrogens with zero attached hydrogens (tertiary/aromatic N) is 4. The molecular formula is C12H22N4. The Balaban J connectivity index is 0.000000509. The normalized spacial score (nSPS) is 8.94. The van der Waals surface area contributed by atoms with Crippen LogP contribution in [0, 0.1) is 20.8 Å². The monoisotopic (exact) mass is 222 g/mol. The van der Waals surface area contributed by atoms with E-state index in [0.29, 0.717) is 0 Å². The summed E-state index contributed by atoms with van der Waals surface area (Å²) in [7, 11) is 0. The van der Waals surface area contributed by atoms with Crippen molar-refractivity contribution in [3.8, 4) is 0 Å². The fraction of sp³-hybridized carbons (Fsp3) is 0.583. The first kappa shape index (κ1) is 14.6. The Bertz CT molecular complexity index is 432. The molecule has 0 aliphatic heterocycles. The molecule has 0 aromatic carbocycles. The fourth-order valence-electron chi connectivity index (χ4n) is 1.29. The zero-order chi connectivity index (χ0) is 12.7. The molecule has 0 spiro atoms. The molecular weight excluding hydrogens is 200 g/mol. The Morgan fingerprint density at radius 1 is 0.938 bits per heavy atom. The summed E-state index contributed by atoms with van der Waals surface area (Å²) >= 11 is 0. The summed E-state index contributed by atoms with van der Waals surface area (Å²) in [5.41, 5.74) is 2.73. The molecule has 90 valence electrons. The van der Waals surface area contributed by atoms with Gasteiger partial charge >= 0.3 is 0 Å². The smallest absolute Gasteiger partial charge is 0.176 e. The first-order chi connectivity index (χ1) is 7.66. The summed E-state index contributed by atoms with van der Waals surface area (Å²) in [4.78, 5) is 8.53. The van der Waals surface area contributed by atoms with Crippen molar-refractivity contribution in [3.05, 3.63) is 23.4 Å². The van der Waals surface area contributed by atoms with Crippen molar-refractivity contribution in [1.82, 2.24) is 19.6 Å². The molecule has 0 aliphatic rings. The SMILES string of the molecule is CC.CC.Cc1cn2nc(C)nc2c(C)n1. The summed E-state index contributed by atoms with van der Waals surface area (Å²) in [6.07, 6.45) is 1.88. The van der Waals surface area contributed by atoms with E-state index in [1.165, 1.54) is 0 Å². The van der Waals surface area contributed by atoms with Crippen molar-refractivity contribution < 1.29 is 0 Å². The first-order valence-electron chi connectivity index (χ1n) is 5.84. The number of hydrogen-bond acceptors (Lipinski definition) is 3. The molecule has 0 atom stereocenters. The van der Waals surface area contributed by atoms with Gasteiger partial charge in [0.2, 0.25) is 0 Å². The van der Waals surface area contributed by atoms with E-state index in [2.05, 4.69) is 15.1 Å². The van der Waals surface area contributed by atoms with Gasteiger partial charge in [-0.05, 0) is 20.8 Å². The lowest BCUT2D eigenvalue weighted by Crippen LogP contribution is -1.95. The second kappa shape index (κ2) is 6.93. The lowest BCUT2D eigenvalue weighted by Gasteiger charge is -1.96. The third-order valence-electron chi connectivity index (χ3n) is 1.71.